The summed E-state index contributed by atoms with van der Waals surface area (Å²) in [5, 5.41) is -1.29. The second-order valence-corrected chi connectivity index (χ2v) is 3.38. The Bertz CT molecular complexity index is 453. The summed E-state index contributed by atoms with van der Waals surface area (Å²) in [5.41, 5.74) is -2.36. The predicted octanol–water partition coefficient (Wildman–Crippen LogP) is 3.86. The van der Waals surface area contributed by atoms with Gasteiger partial charge in [0, 0.05) is 5.56 Å². The van der Waals surface area contributed by atoms with Crippen molar-refractivity contribution in [3.05, 3.63) is 35.1 Å². The van der Waals surface area contributed by atoms with Crippen LogP contribution in [0.15, 0.2) is 18.2 Å². The molecule has 17 heavy (non-hydrogen) atoms. The molecule has 0 aliphatic heterocycles. The molecule has 1 aromatic carbocycles. The number of benzene rings is 1. The van der Waals surface area contributed by atoms with E-state index in [0.717, 1.165) is 0 Å². The molecule has 0 heterocycles. The molecule has 0 aliphatic rings. The van der Waals surface area contributed by atoms with Gasteiger partial charge in [-0.15, -0.1) is 0 Å². The van der Waals surface area contributed by atoms with Crippen molar-refractivity contribution in [2.24, 2.45) is 0 Å². The molecule has 0 bridgehead atoms. The molecule has 0 spiro atoms. The molecule has 0 aromatic heterocycles. The normalized spacial score (nSPS) is 12.6. The first-order chi connectivity index (χ1) is 7.57. The van der Waals surface area contributed by atoms with E-state index in [4.69, 9.17) is 11.6 Å². The molecule has 0 fully saturated rings. The Kier molecular flexibility index (Phi) is 3.42. The van der Waals surface area contributed by atoms with Gasteiger partial charge in [-0.2, -0.15) is 22.0 Å². The maximum absolute atomic E-state index is 13.0. The van der Waals surface area contributed by atoms with Crippen molar-refractivity contribution in [2.75, 3.05) is 0 Å². The molecular weight excluding hydrogens is 274 g/mol. The van der Waals surface area contributed by atoms with Gasteiger partial charge in [0.05, 0.1) is 5.56 Å². The van der Waals surface area contributed by atoms with Crippen LogP contribution < -0.4 is 0 Å². The molecule has 0 N–H and O–H groups in total. The van der Waals surface area contributed by atoms with Gasteiger partial charge < -0.3 is 0 Å². The number of alkyl halides is 5. The van der Waals surface area contributed by atoms with Crippen LogP contribution in [0.25, 0.3) is 0 Å². The Hall–Kier alpha value is -1.24. The van der Waals surface area contributed by atoms with Gasteiger partial charge in [-0.05, 0) is 23.7 Å². The zero-order valence-corrected chi connectivity index (χ0v) is 8.54. The maximum atomic E-state index is 13.0. The smallest absolute Gasteiger partial charge is 0.275 e. The monoisotopic (exact) mass is 276 g/mol. The lowest BCUT2D eigenvalue weighted by molar-refractivity contribution is -0.289. The second kappa shape index (κ2) is 4.21. The van der Waals surface area contributed by atoms with Crippen LogP contribution in [-0.4, -0.2) is 11.4 Å². The molecule has 8 heteroatoms. The molecule has 0 radical (unpaired) electrons. The van der Waals surface area contributed by atoms with Crippen molar-refractivity contribution in [2.45, 2.75) is 12.1 Å². The zero-order valence-electron chi connectivity index (χ0n) is 7.79. The Balaban J connectivity index is 3.28. The van der Waals surface area contributed by atoms with Crippen molar-refractivity contribution >= 4 is 16.8 Å². The molecular formula is C9H3ClF6O. The summed E-state index contributed by atoms with van der Waals surface area (Å²) in [6.45, 7) is 0. The average Bonchev–Trinajstić information content (AvgIpc) is 2.14. The van der Waals surface area contributed by atoms with Gasteiger partial charge in [-0.25, -0.2) is 4.39 Å². The highest BCUT2D eigenvalue weighted by Crippen LogP contribution is 2.44. The Morgan fingerprint density at radius 2 is 1.65 bits per heavy atom. The first kappa shape index (κ1) is 13.8. The van der Waals surface area contributed by atoms with Gasteiger partial charge >= 0.3 is 12.1 Å². The fraction of sp³-hybridized carbons (Fsp3) is 0.222. The van der Waals surface area contributed by atoms with Crippen LogP contribution in [0, 0.1) is 5.82 Å². The van der Waals surface area contributed by atoms with Gasteiger partial charge in [0.2, 0.25) is 0 Å². The van der Waals surface area contributed by atoms with Crippen molar-refractivity contribution in [3.63, 3.8) is 0 Å². The largest absolute Gasteiger partial charge is 0.458 e. The van der Waals surface area contributed by atoms with Crippen molar-refractivity contribution in [1.82, 2.24) is 0 Å². The average molecular weight is 277 g/mol. The minimum atomic E-state index is -5.84. The van der Waals surface area contributed by atoms with E-state index in [9.17, 15) is 31.1 Å². The molecule has 1 rings (SSSR count). The van der Waals surface area contributed by atoms with Crippen LogP contribution in [0.2, 0.25) is 0 Å². The van der Waals surface area contributed by atoms with Crippen molar-refractivity contribution in [3.8, 4) is 0 Å². The van der Waals surface area contributed by atoms with Crippen molar-refractivity contribution < 1.29 is 31.1 Å². The molecule has 0 aliphatic carbocycles. The number of halogens is 7. The van der Waals surface area contributed by atoms with E-state index in [1.807, 2.05) is 0 Å². The van der Waals surface area contributed by atoms with Gasteiger partial charge in [0.1, 0.15) is 5.82 Å². The Labute approximate surface area is 96.0 Å². The van der Waals surface area contributed by atoms with Gasteiger partial charge in [0.25, 0.3) is 5.24 Å². The predicted molar refractivity (Wildman–Crippen MR) is 46.5 cm³/mol. The third-order valence-electron chi connectivity index (χ3n) is 1.90. The highest BCUT2D eigenvalue weighted by atomic mass is 35.5. The van der Waals surface area contributed by atoms with Gasteiger partial charge in [0.15, 0.2) is 0 Å². The number of carbonyl (C=O) groups is 1. The second-order valence-electron chi connectivity index (χ2n) is 3.04. The topological polar surface area (TPSA) is 17.1 Å². The Morgan fingerprint density at radius 1 is 1.12 bits per heavy atom. The number of hydrogen-bond donors (Lipinski definition) is 0. The van der Waals surface area contributed by atoms with E-state index in [-0.39, 0.29) is 6.07 Å². The number of rotatable bonds is 2. The summed E-state index contributed by atoms with van der Waals surface area (Å²) in [7, 11) is 0. The molecule has 1 aromatic rings. The number of hydrogen-bond acceptors (Lipinski definition) is 1. The van der Waals surface area contributed by atoms with Crippen molar-refractivity contribution in [1.29, 1.82) is 0 Å². The summed E-state index contributed by atoms with van der Waals surface area (Å²) < 4.78 is 74.4. The third kappa shape index (κ3) is 2.54. The van der Waals surface area contributed by atoms with Crippen LogP contribution in [0.4, 0.5) is 26.3 Å². The summed E-state index contributed by atoms with van der Waals surface area (Å²) in [5.74, 6) is -6.73. The van der Waals surface area contributed by atoms with E-state index < -0.39 is 34.3 Å². The first-order valence-corrected chi connectivity index (χ1v) is 4.39. The van der Waals surface area contributed by atoms with Crippen LogP contribution in [0.5, 0.6) is 0 Å². The molecule has 0 saturated carbocycles. The van der Waals surface area contributed by atoms with E-state index in [2.05, 4.69) is 0 Å². The Morgan fingerprint density at radius 3 is 2.00 bits per heavy atom. The molecule has 0 atom stereocenters. The molecule has 0 saturated heterocycles. The minimum absolute atomic E-state index is 0.0664. The van der Waals surface area contributed by atoms with E-state index in [0.29, 0.717) is 12.1 Å². The lowest BCUT2D eigenvalue weighted by Crippen LogP contribution is -2.33. The van der Waals surface area contributed by atoms with Crippen LogP contribution >= 0.6 is 11.6 Å². The molecule has 94 valence electrons. The van der Waals surface area contributed by atoms with Crippen LogP contribution in [0.3, 0.4) is 0 Å². The quantitative estimate of drug-likeness (QED) is 0.592. The fourth-order valence-electron chi connectivity index (χ4n) is 1.03. The lowest BCUT2D eigenvalue weighted by atomic mass is 10.1. The maximum Gasteiger partial charge on any atom is 0.458 e. The highest BCUT2D eigenvalue weighted by Gasteiger charge is 2.58. The van der Waals surface area contributed by atoms with E-state index in [1.54, 1.807) is 0 Å². The summed E-state index contributed by atoms with van der Waals surface area (Å²) in [6.07, 6.45) is -5.84. The van der Waals surface area contributed by atoms with Crippen LogP contribution in [-0.2, 0) is 5.92 Å². The zero-order chi connectivity index (χ0) is 13.4. The third-order valence-corrected chi connectivity index (χ3v) is 2.10. The first-order valence-electron chi connectivity index (χ1n) is 4.02. The molecule has 1 nitrogen and oxygen atoms in total. The number of carbonyl (C=O) groups excluding carboxylic acids is 1. The highest BCUT2D eigenvalue weighted by molar-refractivity contribution is 6.67. The van der Waals surface area contributed by atoms with Gasteiger partial charge in [-0.3, -0.25) is 4.79 Å². The SMILES string of the molecule is O=C(Cl)c1ccc(C(F)(F)C(F)(F)F)cc1F. The summed E-state index contributed by atoms with van der Waals surface area (Å²) >= 11 is 4.88. The van der Waals surface area contributed by atoms with Crippen LogP contribution in [0.1, 0.15) is 15.9 Å². The summed E-state index contributed by atoms with van der Waals surface area (Å²) in [4.78, 5) is 10.5. The lowest BCUT2D eigenvalue weighted by Gasteiger charge is -2.19. The van der Waals surface area contributed by atoms with E-state index in [1.165, 1.54) is 0 Å². The fourth-order valence-corrected chi connectivity index (χ4v) is 1.19. The standard InChI is InChI=1S/C9H3ClF6O/c10-7(17)5-2-1-4(3-6(5)11)8(12,13)9(14,15)16/h1-3H. The molecule has 0 amide bonds. The summed E-state index contributed by atoms with van der Waals surface area (Å²) in [6, 6.07) is 0.703. The van der Waals surface area contributed by atoms with Gasteiger partial charge in [-0.1, -0.05) is 6.07 Å². The minimum Gasteiger partial charge on any atom is -0.275 e. The van der Waals surface area contributed by atoms with E-state index >= 15 is 0 Å². The molecule has 0 unspecified atom stereocenters.